The van der Waals surface area contributed by atoms with Crippen molar-refractivity contribution in [2.45, 2.75) is 6.92 Å². The van der Waals surface area contributed by atoms with Crippen molar-refractivity contribution in [3.05, 3.63) is 210 Å². The van der Waals surface area contributed by atoms with Crippen molar-refractivity contribution < 1.29 is 0 Å². The Hall–Kier alpha value is -7.29. The number of hydrogen-bond donors (Lipinski definition) is 0. The highest BCUT2D eigenvalue weighted by molar-refractivity contribution is 6.20. The van der Waals surface area contributed by atoms with E-state index >= 15 is 0 Å². The highest BCUT2D eigenvalue weighted by Gasteiger charge is 2.18. The molecule has 0 radical (unpaired) electrons. The van der Waals surface area contributed by atoms with E-state index in [9.17, 15) is 0 Å². The summed E-state index contributed by atoms with van der Waals surface area (Å²) in [4.78, 5) is 5.12. The zero-order chi connectivity index (χ0) is 37.6. The van der Waals surface area contributed by atoms with Gasteiger partial charge < -0.3 is 0 Å². The Morgan fingerprint density at radius 1 is 0.518 bits per heavy atom. The molecule has 1 heterocycles. The second-order valence-electron chi connectivity index (χ2n) is 14.5. The maximum atomic E-state index is 5.12. The Kier molecular flexibility index (Phi) is 8.23. The highest BCUT2D eigenvalue weighted by Crippen LogP contribution is 2.44. The van der Waals surface area contributed by atoms with Gasteiger partial charge in [0.05, 0.1) is 11.0 Å². The molecule has 0 saturated heterocycles. The Morgan fingerprint density at radius 2 is 1.16 bits per heavy atom. The minimum absolute atomic E-state index is 0.928. The molecule has 1 aromatic heterocycles. The minimum atomic E-state index is 0.928. The van der Waals surface area contributed by atoms with E-state index in [2.05, 4.69) is 212 Å². The van der Waals surface area contributed by atoms with Crippen LogP contribution in [0.15, 0.2) is 194 Å². The smallest absolute Gasteiger partial charge is 0.145 e. The second-order valence-corrected chi connectivity index (χ2v) is 14.5. The molecular formula is C54H38N2. The summed E-state index contributed by atoms with van der Waals surface area (Å²) in [6.07, 6.45) is 4.44. The zero-order valence-electron chi connectivity index (χ0n) is 31.2. The molecule has 0 atom stereocenters. The lowest BCUT2D eigenvalue weighted by Crippen LogP contribution is -2.21. The van der Waals surface area contributed by atoms with Crippen molar-refractivity contribution in [1.82, 2.24) is 9.55 Å². The van der Waals surface area contributed by atoms with Crippen LogP contribution in [0.2, 0.25) is 0 Å². The Bertz CT molecular complexity index is 3260. The molecule has 9 aromatic carbocycles. The minimum Gasteiger partial charge on any atom is -0.292 e. The van der Waals surface area contributed by atoms with E-state index in [0.29, 0.717) is 0 Å². The van der Waals surface area contributed by atoms with Crippen LogP contribution in [0.1, 0.15) is 12.5 Å². The summed E-state index contributed by atoms with van der Waals surface area (Å²) in [5, 5.41) is 9.56. The Balaban J connectivity index is 1.17. The molecule has 0 amide bonds. The number of aromatic nitrogens is 2. The molecule has 10 aromatic rings. The van der Waals surface area contributed by atoms with Gasteiger partial charge in [0, 0.05) is 11.3 Å². The number of fused-ring (bicyclic) bond motifs is 4. The summed E-state index contributed by atoms with van der Waals surface area (Å²) >= 11 is 0. The van der Waals surface area contributed by atoms with Crippen molar-refractivity contribution in [2.75, 3.05) is 0 Å². The van der Waals surface area contributed by atoms with E-state index in [4.69, 9.17) is 4.98 Å². The number of nitrogens with zero attached hydrogens (tertiary/aromatic N) is 2. The number of para-hydroxylation sites is 3. The largest absolute Gasteiger partial charge is 0.292 e. The monoisotopic (exact) mass is 714 g/mol. The molecule has 264 valence electrons. The molecule has 0 fully saturated rings. The van der Waals surface area contributed by atoms with Gasteiger partial charge in [0.15, 0.2) is 0 Å². The van der Waals surface area contributed by atoms with Gasteiger partial charge in [0.1, 0.15) is 5.82 Å². The van der Waals surface area contributed by atoms with Gasteiger partial charge in [-0.2, -0.15) is 0 Å². The third-order valence-electron chi connectivity index (χ3n) is 11.1. The average Bonchev–Trinajstić information content (AvgIpc) is 3.65. The molecule has 2 heteroatoms. The molecule has 0 aliphatic heterocycles. The third-order valence-corrected chi connectivity index (χ3v) is 11.1. The van der Waals surface area contributed by atoms with Crippen molar-refractivity contribution in [2.24, 2.45) is 0 Å². The van der Waals surface area contributed by atoms with Gasteiger partial charge in [-0.1, -0.05) is 170 Å². The third kappa shape index (κ3) is 5.80. The maximum Gasteiger partial charge on any atom is 0.145 e. The fourth-order valence-corrected chi connectivity index (χ4v) is 8.30. The first-order valence-electron chi connectivity index (χ1n) is 19.1. The van der Waals surface area contributed by atoms with Crippen LogP contribution >= 0.6 is 0 Å². The molecule has 56 heavy (non-hydrogen) atoms. The van der Waals surface area contributed by atoms with Crippen LogP contribution in [-0.4, -0.2) is 9.55 Å². The van der Waals surface area contributed by atoms with E-state index in [-0.39, 0.29) is 0 Å². The van der Waals surface area contributed by atoms with Gasteiger partial charge in [-0.05, 0) is 119 Å². The quantitative estimate of drug-likeness (QED) is 0.157. The van der Waals surface area contributed by atoms with Crippen molar-refractivity contribution in [3.8, 4) is 39.3 Å². The first-order chi connectivity index (χ1) is 27.6. The predicted molar refractivity (Wildman–Crippen MR) is 239 cm³/mol. The normalized spacial score (nSPS) is 12.3. The molecule has 10 rings (SSSR count). The predicted octanol–water partition coefficient (Wildman–Crippen LogP) is 12.8. The van der Waals surface area contributed by atoms with Crippen LogP contribution in [-0.2, 0) is 0 Å². The Morgan fingerprint density at radius 3 is 2.00 bits per heavy atom. The molecule has 0 unspecified atom stereocenters. The number of benzene rings is 9. The summed E-state index contributed by atoms with van der Waals surface area (Å²) in [7, 11) is 0. The van der Waals surface area contributed by atoms with Gasteiger partial charge >= 0.3 is 0 Å². The van der Waals surface area contributed by atoms with Gasteiger partial charge in [-0.15, -0.1) is 0 Å². The Labute approximate surface area is 326 Å². The van der Waals surface area contributed by atoms with E-state index in [0.717, 1.165) is 44.1 Å². The molecular weight excluding hydrogens is 677 g/mol. The molecule has 0 spiro atoms. The number of hydrogen-bond acceptors (Lipinski definition) is 1. The van der Waals surface area contributed by atoms with Gasteiger partial charge in [0.2, 0.25) is 0 Å². The molecule has 0 aliphatic carbocycles. The van der Waals surface area contributed by atoms with Crippen LogP contribution in [0, 0.1) is 0 Å². The summed E-state index contributed by atoms with van der Waals surface area (Å²) in [6.45, 7) is 6.49. The molecule has 0 N–H and O–H groups in total. The fourth-order valence-electron chi connectivity index (χ4n) is 8.30. The highest BCUT2D eigenvalue weighted by atomic mass is 15.1. The average molecular weight is 715 g/mol. The second kappa shape index (κ2) is 13.8. The van der Waals surface area contributed by atoms with E-state index in [1.165, 1.54) is 60.1 Å². The molecule has 0 aliphatic rings. The van der Waals surface area contributed by atoms with E-state index in [1.54, 1.807) is 0 Å². The standard InChI is InChI=1S/C54H38N2/c1-36-14-6-7-15-38(36)25-24-37(2)52-46-20-10-11-21-47(46)53(44-31-28-39-16-8-9-17-42(39)34-44)49-35-43(32-33-48(49)52)40-26-29-41(30-27-40)54-55-50-22-12-13-23-51(50)56(54)45-18-4-3-5-19-45/h3-35H,1H2,2H3/b37-24+,38-25-. The van der Waals surface area contributed by atoms with Gasteiger partial charge in [-0.25, -0.2) is 4.98 Å². The summed E-state index contributed by atoms with van der Waals surface area (Å²) in [5.74, 6) is 0.928. The van der Waals surface area contributed by atoms with Gasteiger partial charge in [-0.3, -0.25) is 4.57 Å². The van der Waals surface area contributed by atoms with Crippen molar-refractivity contribution >= 4 is 61.6 Å². The first-order valence-corrected chi connectivity index (χ1v) is 19.1. The molecule has 0 bridgehead atoms. The number of allylic oxidation sites excluding steroid dienone is 2. The van der Waals surface area contributed by atoms with Crippen LogP contribution in [0.3, 0.4) is 0 Å². The van der Waals surface area contributed by atoms with Gasteiger partial charge in [0.25, 0.3) is 0 Å². The lowest BCUT2D eigenvalue weighted by molar-refractivity contribution is 1.10. The summed E-state index contributed by atoms with van der Waals surface area (Å²) < 4.78 is 2.26. The van der Waals surface area contributed by atoms with Crippen molar-refractivity contribution in [3.63, 3.8) is 0 Å². The number of rotatable bonds is 6. The lowest BCUT2D eigenvalue weighted by atomic mass is 9.84. The summed E-state index contributed by atoms with van der Waals surface area (Å²) in [6, 6.07) is 67.4. The SMILES string of the molecule is C=c1cccc/c1=C/C=C(\C)c1c2ccccc2c(-c2ccc3ccccc3c2)c2cc(-c3ccc(-c4nc5ccccc5n4-c4ccccc4)cc3)ccc12. The summed E-state index contributed by atoms with van der Waals surface area (Å²) in [5.41, 5.74) is 11.5. The van der Waals surface area contributed by atoms with Crippen LogP contribution < -0.4 is 10.4 Å². The fraction of sp³-hybridized carbons (Fsp3) is 0.0185. The topological polar surface area (TPSA) is 17.8 Å². The maximum absolute atomic E-state index is 5.12. The molecule has 0 saturated carbocycles. The van der Waals surface area contributed by atoms with E-state index < -0.39 is 0 Å². The van der Waals surface area contributed by atoms with Crippen molar-refractivity contribution in [1.29, 1.82) is 0 Å². The van der Waals surface area contributed by atoms with Crippen LogP contribution in [0.5, 0.6) is 0 Å². The number of imidazole rings is 1. The lowest BCUT2D eigenvalue weighted by Gasteiger charge is -2.19. The molecule has 2 nitrogen and oxygen atoms in total. The van der Waals surface area contributed by atoms with E-state index in [1.807, 2.05) is 6.07 Å². The first kappa shape index (κ1) is 33.3. The zero-order valence-corrected chi connectivity index (χ0v) is 31.2. The van der Waals surface area contributed by atoms with Crippen LogP contribution in [0.25, 0.3) is 101 Å². The van der Waals surface area contributed by atoms with Crippen LogP contribution in [0.4, 0.5) is 0 Å².